The van der Waals surface area contributed by atoms with Crippen LogP contribution in [0.5, 0.6) is 0 Å². The summed E-state index contributed by atoms with van der Waals surface area (Å²) in [6.07, 6.45) is 0. The van der Waals surface area contributed by atoms with Gasteiger partial charge in [-0.15, -0.1) is 11.3 Å². The molecule has 2 N–H and O–H groups in total. The van der Waals surface area contributed by atoms with E-state index in [4.69, 9.17) is 0 Å². The molecular formula is C17H24N4O2S2. The van der Waals surface area contributed by atoms with Crippen molar-refractivity contribution in [3.05, 3.63) is 53.4 Å². The van der Waals surface area contributed by atoms with Crippen LogP contribution in [0, 0.1) is 0 Å². The third-order valence-corrected chi connectivity index (χ3v) is 6.24. The molecule has 2 rings (SSSR count). The monoisotopic (exact) mass is 380 g/mol. The first-order valence-electron chi connectivity index (χ1n) is 8.09. The number of sulfonamides is 1. The summed E-state index contributed by atoms with van der Waals surface area (Å²) in [6, 6.07) is 13.4. The maximum Gasteiger partial charge on any atom is 0.250 e. The van der Waals surface area contributed by atoms with E-state index in [-0.39, 0.29) is 6.54 Å². The molecule has 8 heteroatoms. The molecule has 0 fully saturated rings. The quantitative estimate of drug-likeness (QED) is 0.418. The number of hydrogen-bond donors (Lipinski definition) is 2. The molecule has 136 valence electrons. The molecule has 0 spiro atoms. The van der Waals surface area contributed by atoms with Gasteiger partial charge in [-0.3, -0.25) is 4.99 Å². The number of thiophene rings is 1. The third-order valence-electron chi connectivity index (χ3n) is 3.38. The van der Waals surface area contributed by atoms with Crippen LogP contribution in [0.1, 0.15) is 12.5 Å². The summed E-state index contributed by atoms with van der Waals surface area (Å²) in [5, 5.41) is 4.97. The van der Waals surface area contributed by atoms with Gasteiger partial charge in [-0.25, -0.2) is 13.1 Å². The Morgan fingerprint density at radius 1 is 1.20 bits per heavy atom. The molecule has 0 aliphatic heterocycles. The van der Waals surface area contributed by atoms with Crippen molar-refractivity contribution in [3.8, 4) is 0 Å². The van der Waals surface area contributed by atoms with E-state index in [1.807, 2.05) is 37.1 Å². The van der Waals surface area contributed by atoms with E-state index in [2.05, 4.69) is 27.2 Å². The van der Waals surface area contributed by atoms with E-state index in [0.29, 0.717) is 10.8 Å². The lowest BCUT2D eigenvalue weighted by Gasteiger charge is -2.22. The van der Waals surface area contributed by atoms with Gasteiger partial charge < -0.3 is 10.2 Å². The van der Waals surface area contributed by atoms with Crippen molar-refractivity contribution < 1.29 is 8.42 Å². The highest BCUT2D eigenvalue weighted by Gasteiger charge is 2.14. The Kier molecular flexibility index (Phi) is 7.42. The third kappa shape index (κ3) is 6.15. The molecule has 1 heterocycles. The topological polar surface area (TPSA) is 73.8 Å². The molecule has 2 aromatic rings. The molecule has 0 aliphatic rings. The first kappa shape index (κ1) is 19.4. The van der Waals surface area contributed by atoms with Crippen LogP contribution in [0.3, 0.4) is 0 Å². The second-order valence-corrected chi connectivity index (χ2v) is 8.35. The van der Waals surface area contributed by atoms with Crippen molar-refractivity contribution >= 4 is 27.3 Å². The molecule has 0 bridgehead atoms. The van der Waals surface area contributed by atoms with E-state index in [1.165, 1.54) is 16.9 Å². The summed E-state index contributed by atoms with van der Waals surface area (Å²) in [5.41, 5.74) is 1.19. The molecule has 0 radical (unpaired) electrons. The van der Waals surface area contributed by atoms with Gasteiger partial charge >= 0.3 is 0 Å². The smallest absolute Gasteiger partial charge is 0.250 e. The fourth-order valence-corrected chi connectivity index (χ4v) is 4.29. The first-order valence-corrected chi connectivity index (χ1v) is 10.5. The average Bonchev–Trinajstić information content (AvgIpc) is 3.14. The summed E-state index contributed by atoms with van der Waals surface area (Å²) >= 11 is 1.20. The van der Waals surface area contributed by atoms with Crippen molar-refractivity contribution in [2.24, 2.45) is 4.99 Å². The highest BCUT2D eigenvalue weighted by Crippen LogP contribution is 2.14. The fourth-order valence-electron chi connectivity index (χ4n) is 2.23. The van der Waals surface area contributed by atoms with Crippen molar-refractivity contribution in [1.29, 1.82) is 0 Å². The number of nitrogens with one attached hydrogen (secondary N) is 2. The Morgan fingerprint density at radius 3 is 2.60 bits per heavy atom. The predicted octanol–water partition coefficient (Wildman–Crippen LogP) is 2.12. The van der Waals surface area contributed by atoms with E-state index in [0.717, 1.165) is 19.0 Å². The van der Waals surface area contributed by atoms with Gasteiger partial charge in [0.15, 0.2) is 5.96 Å². The first-order chi connectivity index (χ1) is 12.0. The van der Waals surface area contributed by atoms with Gasteiger partial charge in [0.1, 0.15) is 4.21 Å². The van der Waals surface area contributed by atoms with E-state index < -0.39 is 10.0 Å². The minimum Gasteiger partial charge on any atom is -0.357 e. The summed E-state index contributed by atoms with van der Waals surface area (Å²) < 4.78 is 27.0. The molecule has 0 amide bonds. The van der Waals surface area contributed by atoms with Crippen LogP contribution in [0.25, 0.3) is 0 Å². The SMILES string of the molecule is CCNC(=NCCNS(=O)(=O)c1cccs1)N(C)Cc1ccccc1. The van der Waals surface area contributed by atoms with Crippen LogP contribution in [0.2, 0.25) is 0 Å². The largest absolute Gasteiger partial charge is 0.357 e. The molecule has 0 saturated heterocycles. The van der Waals surface area contributed by atoms with E-state index >= 15 is 0 Å². The lowest BCUT2D eigenvalue weighted by molar-refractivity contribution is 0.477. The Balaban J connectivity index is 1.90. The molecular weight excluding hydrogens is 356 g/mol. The number of hydrogen-bond acceptors (Lipinski definition) is 4. The normalized spacial score (nSPS) is 12.2. The average molecular weight is 381 g/mol. The second kappa shape index (κ2) is 9.55. The Bertz CT molecular complexity index is 759. The zero-order chi connectivity index (χ0) is 18.1. The van der Waals surface area contributed by atoms with Crippen molar-refractivity contribution in [1.82, 2.24) is 14.9 Å². The van der Waals surface area contributed by atoms with Gasteiger partial charge in [-0.05, 0) is 23.9 Å². The van der Waals surface area contributed by atoms with E-state index in [1.54, 1.807) is 17.5 Å². The highest BCUT2D eigenvalue weighted by molar-refractivity contribution is 7.91. The number of rotatable bonds is 8. The fraction of sp³-hybridized carbons (Fsp3) is 0.353. The number of guanidine groups is 1. The maximum absolute atomic E-state index is 12.1. The second-order valence-electron chi connectivity index (χ2n) is 5.41. The van der Waals surface area contributed by atoms with Gasteiger partial charge in [-0.2, -0.15) is 0 Å². The lowest BCUT2D eigenvalue weighted by atomic mass is 10.2. The highest BCUT2D eigenvalue weighted by atomic mass is 32.2. The van der Waals surface area contributed by atoms with Crippen LogP contribution in [0.15, 0.2) is 57.0 Å². The van der Waals surface area contributed by atoms with Gasteiger partial charge in [0.25, 0.3) is 0 Å². The van der Waals surface area contributed by atoms with Crippen LogP contribution >= 0.6 is 11.3 Å². The van der Waals surface area contributed by atoms with Gasteiger partial charge in [0.05, 0.1) is 6.54 Å². The van der Waals surface area contributed by atoms with Crippen LogP contribution < -0.4 is 10.0 Å². The zero-order valence-electron chi connectivity index (χ0n) is 14.5. The van der Waals surface area contributed by atoms with Gasteiger partial charge in [0.2, 0.25) is 10.0 Å². The lowest BCUT2D eigenvalue weighted by Crippen LogP contribution is -2.39. The Labute approximate surface area is 153 Å². The maximum atomic E-state index is 12.1. The molecule has 1 aromatic heterocycles. The summed E-state index contributed by atoms with van der Waals surface area (Å²) in [5.74, 6) is 0.752. The summed E-state index contributed by atoms with van der Waals surface area (Å²) in [7, 11) is -1.47. The standard InChI is InChI=1S/C17H24N4O2S2/c1-3-18-17(21(2)14-15-8-5-4-6-9-15)19-11-12-20-25(22,23)16-10-7-13-24-16/h4-10,13,20H,3,11-12,14H2,1-2H3,(H,18,19). The number of aliphatic imine (C=N–C) groups is 1. The van der Waals surface area contributed by atoms with Gasteiger partial charge in [-0.1, -0.05) is 36.4 Å². The van der Waals surface area contributed by atoms with Crippen molar-refractivity contribution in [2.45, 2.75) is 17.7 Å². The van der Waals surface area contributed by atoms with Crippen molar-refractivity contribution in [3.63, 3.8) is 0 Å². The minimum atomic E-state index is -3.43. The van der Waals surface area contributed by atoms with Gasteiger partial charge in [0, 0.05) is 26.7 Å². The van der Waals surface area contributed by atoms with Crippen molar-refractivity contribution in [2.75, 3.05) is 26.7 Å². The summed E-state index contributed by atoms with van der Waals surface area (Å²) in [4.78, 5) is 6.52. The number of nitrogens with zero attached hydrogens (tertiary/aromatic N) is 2. The predicted molar refractivity (Wildman–Crippen MR) is 103 cm³/mol. The zero-order valence-corrected chi connectivity index (χ0v) is 16.1. The molecule has 0 aliphatic carbocycles. The Morgan fingerprint density at radius 2 is 1.96 bits per heavy atom. The molecule has 0 atom stereocenters. The molecule has 1 aromatic carbocycles. The molecule has 6 nitrogen and oxygen atoms in total. The molecule has 0 unspecified atom stereocenters. The van der Waals surface area contributed by atoms with E-state index in [9.17, 15) is 8.42 Å². The number of benzene rings is 1. The molecule has 0 saturated carbocycles. The van der Waals surface area contributed by atoms with Crippen LogP contribution in [-0.2, 0) is 16.6 Å². The minimum absolute atomic E-state index is 0.258. The van der Waals surface area contributed by atoms with Crippen LogP contribution in [-0.4, -0.2) is 46.0 Å². The Hall–Kier alpha value is -1.90. The molecule has 25 heavy (non-hydrogen) atoms. The summed E-state index contributed by atoms with van der Waals surface area (Å²) in [6.45, 7) is 4.11. The van der Waals surface area contributed by atoms with Crippen LogP contribution in [0.4, 0.5) is 0 Å².